The fourth-order valence-electron chi connectivity index (χ4n) is 4.53. The SMILES string of the molecule is COc1ccc(C[C@@]2(CCC(=O)N3CCc4ccccc4C3)CCC(=O)N2)cc1. The molecule has 1 N–H and O–H groups in total. The number of benzene rings is 2. The lowest BCUT2D eigenvalue weighted by atomic mass is 9.84. The van der Waals surface area contributed by atoms with Crippen molar-refractivity contribution in [2.45, 2.75) is 50.6 Å². The highest BCUT2D eigenvalue weighted by molar-refractivity contribution is 5.80. The Morgan fingerprint density at radius 3 is 2.55 bits per heavy atom. The Kier molecular flexibility index (Phi) is 5.56. The van der Waals surface area contributed by atoms with E-state index < -0.39 is 0 Å². The van der Waals surface area contributed by atoms with Crippen molar-refractivity contribution in [2.24, 2.45) is 0 Å². The van der Waals surface area contributed by atoms with Gasteiger partial charge in [-0.25, -0.2) is 0 Å². The summed E-state index contributed by atoms with van der Waals surface area (Å²) in [5.41, 5.74) is 3.40. The Balaban J connectivity index is 1.41. The van der Waals surface area contributed by atoms with Crippen LogP contribution in [0.2, 0.25) is 0 Å². The van der Waals surface area contributed by atoms with E-state index in [2.05, 4.69) is 23.5 Å². The maximum absolute atomic E-state index is 12.9. The van der Waals surface area contributed by atoms with Crippen LogP contribution in [0.3, 0.4) is 0 Å². The summed E-state index contributed by atoms with van der Waals surface area (Å²) in [6.45, 7) is 1.46. The topological polar surface area (TPSA) is 58.6 Å². The van der Waals surface area contributed by atoms with Gasteiger partial charge >= 0.3 is 0 Å². The normalized spacial score (nSPS) is 20.9. The fraction of sp³-hybridized carbons (Fsp3) is 0.417. The summed E-state index contributed by atoms with van der Waals surface area (Å²) >= 11 is 0. The number of rotatable bonds is 6. The van der Waals surface area contributed by atoms with E-state index in [-0.39, 0.29) is 17.4 Å². The number of nitrogens with one attached hydrogen (secondary N) is 1. The maximum atomic E-state index is 12.9. The molecule has 0 bridgehead atoms. The van der Waals surface area contributed by atoms with Crippen molar-refractivity contribution in [2.75, 3.05) is 13.7 Å². The lowest BCUT2D eigenvalue weighted by molar-refractivity contribution is -0.132. The summed E-state index contributed by atoms with van der Waals surface area (Å²) < 4.78 is 5.23. The molecule has 1 fully saturated rings. The Labute approximate surface area is 172 Å². The average molecular weight is 392 g/mol. The van der Waals surface area contributed by atoms with Crippen LogP contribution in [-0.2, 0) is 29.0 Å². The minimum atomic E-state index is -0.338. The van der Waals surface area contributed by atoms with Gasteiger partial charge in [-0.3, -0.25) is 9.59 Å². The van der Waals surface area contributed by atoms with Gasteiger partial charge in [-0.05, 0) is 54.5 Å². The van der Waals surface area contributed by atoms with Crippen molar-refractivity contribution in [3.8, 4) is 5.75 Å². The molecule has 4 rings (SSSR count). The Morgan fingerprint density at radius 1 is 1.10 bits per heavy atom. The van der Waals surface area contributed by atoms with Crippen LogP contribution in [0.15, 0.2) is 48.5 Å². The number of fused-ring (bicyclic) bond motifs is 1. The summed E-state index contributed by atoms with van der Waals surface area (Å²) in [5, 5.41) is 3.18. The zero-order valence-corrected chi connectivity index (χ0v) is 16.9. The monoisotopic (exact) mass is 392 g/mol. The van der Waals surface area contributed by atoms with Gasteiger partial charge in [0, 0.05) is 31.5 Å². The third-order valence-corrected chi connectivity index (χ3v) is 6.24. The number of methoxy groups -OCH3 is 1. The minimum Gasteiger partial charge on any atom is -0.497 e. The minimum absolute atomic E-state index is 0.0814. The molecule has 5 heteroatoms. The molecule has 2 aromatic carbocycles. The molecule has 0 spiro atoms. The molecule has 2 heterocycles. The van der Waals surface area contributed by atoms with Crippen LogP contribution in [-0.4, -0.2) is 35.9 Å². The molecular weight excluding hydrogens is 364 g/mol. The van der Waals surface area contributed by atoms with E-state index in [4.69, 9.17) is 4.74 Å². The van der Waals surface area contributed by atoms with Gasteiger partial charge in [0.1, 0.15) is 5.75 Å². The first-order valence-electron chi connectivity index (χ1n) is 10.4. The highest BCUT2D eigenvalue weighted by Gasteiger charge is 2.38. The number of carbonyl (C=O) groups excluding carboxylic acids is 2. The van der Waals surface area contributed by atoms with E-state index in [1.165, 1.54) is 11.1 Å². The molecule has 0 aromatic heterocycles. The summed E-state index contributed by atoms with van der Waals surface area (Å²) in [6, 6.07) is 16.3. The lowest BCUT2D eigenvalue weighted by Crippen LogP contribution is -2.45. The van der Waals surface area contributed by atoms with Gasteiger partial charge in [-0.1, -0.05) is 36.4 Å². The summed E-state index contributed by atoms with van der Waals surface area (Å²) in [5.74, 6) is 1.08. The van der Waals surface area contributed by atoms with Crippen LogP contribution in [0.1, 0.15) is 42.4 Å². The van der Waals surface area contributed by atoms with E-state index in [1.54, 1.807) is 7.11 Å². The number of carbonyl (C=O) groups is 2. The van der Waals surface area contributed by atoms with Crippen molar-refractivity contribution >= 4 is 11.8 Å². The third kappa shape index (κ3) is 4.44. The second-order valence-corrected chi connectivity index (χ2v) is 8.19. The van der Waals surface area contributed by atoms with E-state index >= 15 is 0 Å². The van der Waals surface area contributed by atoms with Crippen molar-refractivity contribution in [3.63, 3.8) is 0 Å². The highest BCUT2D eigenvalue weighted by Crippen LogP contribution is 2.31. The van der Waals surface area contributed by atoms with Crippen molar-refractivity contribution in [1.82, 2.24) is 10.2 Å². The predicted octanol–water partition coefficient (Wildman–Crippen LogP) is 3.25. The van der Waals surface area contributed by atoms with Crippen LogP contribution in [0.4, 0.5) is 0 Å². The zero-order valence-electron chi connectivity index (χ0n) is 16.9. The molecule has 2 aliphatic rings. The first-order valence-corrected chi connectivity index (χ1v) is 10.4. The first kappa shape index (κ1) is 19.5. The molecule has 1 saturated heterocycles. The standard InChI is InChI=1S/C24H28N2O3/c1-29-21-8-6-18(7-9-21)16-24(13-10-22(27)25-24)14-11-23(28)26-15-12-19-4-2-3-5-20(19)17-26/h2-9H,10-17H2,1H3,(H,25,27)/t24-/m0/s1. The molecule has 1 atom stereocenters. The number of hydrogen-bond donors (Lipinski definition) is 1. The smallest absolute Gasteiger partial charge is 0.222 e. The van der Waals surface area contributed by atoms with Crippen LogP contribution in [0, 0.1) is 0 Å². The number of nitrogens with zero attached hydrogens (tertiary/aromatic N) is 1. The van der Waals surface area contributed by atoms with Gasteiger partial charge < -0.3 is 15.0 Å². The highest BCUT2D eigenvalue weighted by atomic mass is 16.5. The molecule has 2 amide bonds. The van der Waals surface area contributed by atoms with E-state index in [0.717, 1.165) is 37.1 Å². The quantitative estimate of drug-likeness (QED) is 0.821. The molecule has 0 aliphatic carbocycles. The lowest BCUT2D eigenvalue weighted by Gasteiger charge is -2.32. The van der Waals surface area contributed by atoms with Crippen molar-refractivity contribution in [3.05, 3.63) is 65.2 Å². The number of amides is 2. The van der Waals surface area contributed by atoms with Crippen LogP contribution >= 0.6 is 0 Å². The van der Waals surface area contributed by atoms with Gasteiger partial charge in [0.25, 0.3) is 0 Å². The maximum Gasteiger partial charge on any atom is 0.222 e. The summed E-state index contributed by atoms with van der Waals surface area (Å²) in [7, 11) is 1.65. The molecular formula is C24H28N2O3. The van der Waals surface area contributed by atoms with Crippen LogP contribution < -0.4 is 10.1 Å². The Bertz CT molecular complexity index is 893. The van der Waals surface area contributed by atoms with E-state index in [9.17, 15) is 9.59 Å². The molecule has 2 aromatic rings. The van der Waals surface area contributed by atoms with Crippen molar-refractivity contribution < 1.29 is 14.3 Å². The molecule has 29 heavy (non-hydrogen) atoms. The largest absolute Gasteiger partial charge is 0.497 e. The van der Waals surface area contributed by atoms with Gasteiger partial charge in [0.2, 0.25) is 11.8 Å². The average Bonchev–Trinajstić information content (AvgIpc) is 3.12. The molecule has 5 nitrogen and oxygen atoms in total. The van der Waals surface area contributed by atoms with Gasteiger partial charge in [-0.2, -0.15) is 0 Å². The van der Waals surface area contributed by atoms with Crippen molar-refractivity contribution in [1.29, 1.82) is 0 Å². The number of hydrogen-bond acceptors (Lipinski definition) is 3. The molecule has 0 radical (unpaired) electrons. The van der Waals surface area contributed by atoms with E-state index in [1.807, 2.05) is 35.2 Å². The Hall–Kier alpha value is -2.82. The second kappa shape index (κ2) is 8.27. The van der Waals surface area contributed by atoms with Gasteiger partial charge in [0.05, 0.1) is 7.11 Å². The second-order valence-electron chi connectivity index (χ2n) is 8.19. The van der Waals surface area contributed by atoms with Gasteiger partial charge in [-0.15, -0.1) is 0 Å². The predicted molar refractivity (Wildman–Crippen MR) is 112 cm³/mol. The zero-order chi connectivity index (χ0) is 20.3. The van der Waals surface area contributed by atoms with Crippen LogP contribution in [0.5, 0.6) is 5.75 Å². The third-order valence-electron chi connectivity index (χ3n) is 6.24. The van der Waals surface area contributed by atoms with E-state index in [0.29, 0.717) is 25.8 Å². The van der Waals surface area contributed by atoms with Gasteiger partial charge in [0.15, 0.2) is 0 Å². The molecule has 0 saturated carbocycles. The Morgan fingerprint density at radius 2 is 1.86 bits per heavy atom. The molecule has 2 aliphatic heterocycles. The fourth-order valence-corrected chi connectivity index (χ4v) is 4.53. The van der Waals surface area contributed by atoms with Crippen LogP contribution in [0.25, 0.3) is 0 Å². The molecule has 0 unspecified atom stereocenters. The summed E-state index contributed by atoms with van der Waals surface area (Å²) in [4.78, 5) is 26.9. The molecule has 152 valence electrons. The first-order chi connectivity index (χ1) is 14.1. The number of ether oxygens (including phenoxy) is 1. The summed E-state index contributed by atoms with van der Waals surface area (Å²) in [6.07, 6.45) is 4.07.